The monoisotopic (exact) mass is 397 g/mol. The van der Waals surface area contributed by atoms with Crippen molar-refractivity contribution in [2.45, 2.75) is 0 Å². The molecule has 0 spiro atoms. The fraction of sp³-hybridized carbons (Fsp3) is 0. The molecule has 0 saturated heterocycles. The molecule has 0 amide bonds. The van der Waals surface area contributed by atoms with Crippen LogP contribution in [0.15, 0.2) is 40.4 Å². The van der Waals surface area contributed by atoms with Crippen LogP contribution in [0.1, 0.15) is 9.01 Å². The summed E-state index contributed by atoms with van der Waals surface area (Å²) in [5.41, 5.74) is 0. The zero-order valence-corrected chi connectivity index (χ0v) is 13.8. The van der Waals surface area contributed by atoms with Gasteiger partial charge in [0.1, 0.15) is 0 Å². The average molecular weight is 394 g/mol. The van der Waals surface area contributed by atoms with Crippen molar-refractivity contribution in [3.05, 3.63) is 49.5 Å². The number of rotatable bonds is 2. The van der Waals surface area contributed by atoms with Crippen molar-refractivity contribution in [3.63, 3.8) is 0 Å². The minimum atomic E-state index is 0.00957. The first-order valence-electron chi connectivity index (χ1n) is 4.67. The number of hydrogen-bond donors (Lipinski definition) is 0. The summed E-state index contributed by atoms with van der Waals surface area (Å²) < 4.78 is 6.07. The van der Waals surface area contributed by atoms with Gasteiger partial charge >= 0.3 is 108 Å². The predicted molar refractivity (Wildman–Crippen MR) is 72.5 cm³/mol. The first-order valence-corrected chi connectivity index (χ1v) is 10.9. The molecule has 0 aliphatic carbocycles. The average Bonchev–Trinajstić information content (AvgIpc) is 3.02. The van der Waals surface area contributed by atoms with Crippen LogP contribution in [0.3, 0.4) is 0 Å². The van der Waals surface area contributed by atoms with Crippen molar-refractivity contribution in [2.75, 3.05) is 0 Å². The fourth-order valence-electron chi connectivity index (χ4n) is 1.47. The quantitative estimate of drug-likeness (QED) is 0.655. The third-order valence-electron chi connectivity index (χ3n) is 2.20. The molecular weight excluding hydrogens is 383 g/mol. The van der Waals surface area contributed by atoms with Crippen LogP contribution in [0.4, 0.5) is 0 Å². The van der Waals surface area contributed by atoms with E-state index in [0.717, 1.165) is 0 Å². The summed E-state index contributed by atoms with van der Waals surface area (Å²) in [5.74, 6) is 0. The van der Waals surface area contributed by atoms with Crippen molar-refractivity contribution >= 4 is 53.4 Å². The summed E-state index contributed by atoms with van der Waals surface area (Å²) in [6.45, 7) is 0. The molecular formula is C11H11NSe3. The van der Waals surface area contributed by atoms with Gasteiger partial charge in [0.05, 0.1) is 0 Å². The topological polar surface area (TPSA) is 12.9 Å². The van der Waals surface area contributed by atoms with E-state index in [9.17, 15) is 0 Å². The molecule has 78 valence electrons. The Kier molecular flexibility index (Phi) is 2.98. The SMILES string of the molecule is C1=C[SeH2]C(c2cnc(C3=CC=C[SeH2]3)[se]2)=C1. The van der Waals surface area contributed by atoms with Crippen molar-refractivity contribution in [1.82, 2.24) is 4.98 Å². The molecule has 15 heavy (non-hydrogen) atoms. The Balaban J connectivity index is 1.88. The Bertz CT molecular complexity index is 461. The van der Waals surface area contributed by atoms with Crippen molar-refractivity contribution in [1.29, 1.82) is 0 Å². The molecule has 0 fully saturated rings. The number of aromatic nitrogens is 1. The van der Waals surface area contributed by atoms with Gasteiger partial charge in [-0.05, 0) is 0 Å². The Labute approximate surface area is 107 Å². The molecule has 4 heteroatoms. The van der Waals surface area contributed by atoms with Gasteiger partial charge in [0.2, 0.25) is 0 Å². The number of nitrogens with zero attached hydrogens (tertiary/aromatic N) is 1. The maximum atomic E-state index is 4.60. The first kappa shape index (κ1) is 10.1. The van der Waals surface area contributed by atoms with E-state index in [1.807, 2.05) is 0 Å². The summed E-state index contributed by atoms with van der Waals surface area (Å²) in [7, 11) is 0. The fourth-order valence-corrected chi connectivity index (χ4v) is 8.69. The van der Waals surface area contributed by atoms with E-state index < -0.39 is 0 Å². The van der Waals surface area contributed by atoms with E-state index in [1.54, 1.807) is 8.94 Å². The summed E-state index contributed by atoms with van der Waals surface area (Å²) in [6, 6.07) is 0. The molecule has 3 heterocycles. The number of hydrogen-bond acceptors (Lipinski definition) is 1. The Morgan fingerprint density at radius 3 is 2.40 bits per heavy atom. The molecule has 0 N–H and O–H groups in total. The van der Waals surface area contributed by atoms with Crippen molar-refractivity contribution in [2.24, 2.45) is 0 Å². The van der Waals surface area contributed by atoms with Gasteiger partial charge in [0, 0.05) is 0 Å². The van der Waals surface area contributed by atoms with Crippen LogP contribution >= 0.6 is 0 Å². The standard InChI is InChI=1S/C11H11NSe3/c1-3-8(13-5-1)10-7-12-11(15-10)9-4-2-6-14-9/h1-7H,13-14H2. The van der Waals surface area contributed by atoms with Gasteiger partial charge in [0.25, 0.3) is 0 Å². The van der Waals surface area contributed by atoms with Crippen molar-refractivity contribution < 1.29 is 0 Å². The van der Waals surface area contributed by atoms with Gasteiger partial charge in [-0.25, -0.2) is 0 Å². The molecule has 0 aromatic carbocycles. The summed E-state index contributed by atoms with van der Waals surface area (Å²) in [6.07, 6.45) is 11.0. The first-order chi connectivity index (χ1) is 7.43. The normalized spacial score (nSPS) is 23.7. The molecule has 1 aromatic heterocycles. The molecule has 0 radical (unpaired) electrons. The third kappa shape index (κ3) is 2.07. The van der Waals surface area contributed by atoms with E-state index in [2.05, 4.69) is 45.4 Å². The summed E-state index contributed by atoms with van der Waals surface area (Å²) >= 11 is 0.530. The maximum absolute atomic E-state index is 4.60. The second kappa shape index (κ2) is 4.43. The molecule has 2 aliphatic heterocycles. The van der Waals surface area contributed by atoms with E-state index in [4.69, 9.17) is 0 Å². The van der Waals surface area contributed by atoms with E-state index >= 15 is 0 Å². The second-order valence-electron chi connectivity index (χ2n) is 3.20. The van der Waals surface area contributed by atoms with Crippen molar-refractivity contribution in [3.8, 4) is 0 Å². The molecule has 3 rings (SSSR count). The zero-order chi connectivity index (χ0) is 10.1. The van der Waals surface area contributed by atoms with Gasteiger partial charge in [-0.3, -0.25) is 0 Å². The Morgan fingerprint density at radius 1 is 1.00 bits per heavy atom. The Hall–Kier alpha value is -0.0716. The van der Waals surface area contributed by atoms with Gasteiger partial charge in [0.15, 0.2) is 0 Å². The molecule has 0 saturated carbocycles. The molecule has 1 nitrogen and oxygen atoms in total. The van der Waals surface area contributed by atoms with Crippen LogP contribution in [-0.4, -0.2) is 49.4 Å². The summed E-state index contributed by atoms with van der Waals surface area (Å²) in [4.78, 5) is 9.27. The van der Waals surface area contributed by atoms with Gasteiger partial charge < -0.3 is 0 Å². The van der Waals surface area contributed by atoms with Gasteiger partial charge in [-0.1, -0.05) is 0 Å². The minimum absolute atomic E-state index is 0.00957. The van der Waals surface area contributed by atoms with E-state index in [1.165, 1.54) is 9.01 Å². The third-order valence-corrected chi connectivity index (χ3v) is 10.7. The number of allylic oxidation sites excluding steroid dienone is 4. The Morgan fingerprint density at radius 2 is 1.73 bits per heavy atom. The predicted octanol–water partition coefficient (Wildman–Crippen LogP) is 0.213. The van der Waals surface area contributed by atoms with Crippen LogP contribution in [0.5, 0.6) is 0 Å². The van der Waals surface area contributed by atoms with Gasteiger partial charge in [-0.15, -0.1) is 0 Å². The molecule has 0 bridgehead atoms. The molecule has 2 aliphatic rings. The van der Waals surface area contributed by atoms with Crippen LogP contribution in [0, 0.1) is 0 Å². The second-order valence-corrected chi connectivity index (χ2v) is 10.2. The van der Waals surface area contributed by atoms with E-state index in [0.29, 0.717) is 14.5 Å². The molecule has 1 aromatic rings. The van der Waals surface area contributed by atoms with Crippen LogP contribution in [0.25, 0.3) is 8.94 Å². The van der Waals surface area contributed by atoms with E-state index in [-0.39, 0.29) is 29.9 Å². The molecule has 0 atom stereocenters. The van der Waals surface area contributed by atoms with Crippen LogP contribution in [0.2, 0.25) is 0 Å². The summed E-state index contributed by atoms with van der Waals surface area (Å²) in [5, 5.41) is 0. The zero-order valence-electron chi connectivity index (χ0n) is 7.90. The molecule has 0 unspecified atom stereocenters. The van der Waals surface area contributed by atoms with Gasteiger partial charge in [-0.2, -0.15) is 0 Å². The van der Waals surface area contributed by atoms with Crippen LogP contribution in [-0.2, 0) is 0 Å². The van der Waals surface area contributed by atoms with Crippen LogP contribution < -0.4 is 0 Å².